The Balaban J connectivity index is 0.000000150. The molecule has 4 amide bonds. The van der Waals surface area contributed by atoms with Crippen molar-refractivity contribution >= 4 is 87.3 Å². The highest BCUT2D eigenvalue weighted by Gasteiger charge is 2.21. The first kappa shape index (κ1) is 85.9. The van der Waals surface area contributed by atoms with Crippen molar-refractivity contribution in [1.29, 1.82) is 0 Å². The SMILES string of the molecule is CCc1cc(-c2c[nH]c(=O)c(NC(=O)c3ccc(N4CCCCC4)cc3)c2)nc(NC)n1.CNCCN(C)c1nccc(-c2c[nH]c(=O)c(NC(=O)c3ccc(N4CCCCC4)cc3)c2)n1.CNc1nccc(-c2c[nH]c(=O)c(NC(=O)c3ccc(C(=O)c4ccccc4)cc3)c2)n1.CNc1nccc(-c2c[nH]c(=O)c(NC(=O)c3ccccc3)c2)n1. The molecular weight excluding hydrogens is 1550 g/mol. The molecule has 0 aliphatic carbocycles. The lowest BCUT2D eigenvalue weighted by molar-refractivity contribution is 0.101. The number of aromatic nitrogens is 12. The minimum absolute atomic E-state index is 0.0848. The van der Waals surface area contributed by atoms with Crippen LogP contribution in [0.3, 0.4) is 0 Å². The number of H-pyrrole nitrogens is 4. The van der Waals surface area contributed by atoms with Gasteiger partial charge in [0.05, 0.1) is 22.8 Å². The van der Waals surface area contributed by atoms with Crippen molar-refractivity contribution < 1.29 is 24.0 Å². The Labute approximate surface area is 702 Å². The first-order valence-corrected chi connectivity index (χ1v) is 39.7. The van der Waals surface area contributed by atoms with E-state index in [2.05, 4.69) is 112 Å². The molecule has 8 aromatic heterocycles. The van der Waals surface area contributed by atoms with E-state index in [0.717, 1.165) is 62.8 Å². The van der Waals surface area contributed by atoms with E-state index in [0.29, 0.717) is 102 Å². The number of aryl methyl sites for hydroxylation is 1. The van der Waals surface area contributed by atoms with Crippen molar-refractivity contribution in [2.24, 2.45) is 0 Å². The maximum absolute atomic E-state index is 12.8. The highest BCUT2D eigenvalue weighted by molar-refractivity contribution is 6.10. The van der Waals surface area contributed by atoms with Crippen LogP contribution in [0.4, 0.5) is 57.9 Å². The van der Waals surface area contributed by atoms with Gasteiger partial charge in [0, 0.05) is 184 Å². The van der Waals surface area contributed by atoms with Gasteiger partial charge in [-0.3, -0.25) is 43.2 Å². The van der Waals surface area contributed by atoms with Crippen molar-refractivity contribution in [2.75, 3.05) is 126 Å². The minimum atomic E-state index is -0.468. The first-order valence-electron chi connectivity index (χ1n) is 39.7. The summed E-state index contributed by atoms with van der Waals surface area (Å²) in [6.45, 7) is 7.76. The van der Waals surface area contributed by atoms with Crippen LogP contribution in [0.25, 0.3) is 45.0 Å². The number of carbonyl (C=O) groups excluding carboxylic acids is 5. The van der Waals surface area contributed by atoms with E-state index in [1.165, 1.54) is 44.7 Å². The van der Waals surface area contributed by atoms with Gasteiger partial charge in [0.1, 0.15) is 22.7 Å². The number of hydrogen-bond donors (Lipinski definition) is 12. The second-order valence-electron chi connectivity index (χ2n) is 28.1. The number of likely N-dealkylation sites (N-methyl/N-ethyl adjacent to an activating group) is 2. The van der Waals surface area contributed by atoms with E-state index in [1.807, 2.05) is 68.4 Å². The number of anilines is 10. The third-order valence-corrected chi connectivity index (χ3v) is 19.8. The van der Waals surface area contributed by atoms with Gasteiger partial charge in [0.25, 0.3) is 45.9 Å². The van der Waals surface area contributed by atoms with E-state index in [-0.39, 0.29) is 62.9 Å². The van der Waals surface area contributed by atoms with Crippen LogP contribution in [0.1, 0.15) is 108 Å². The molecule has 122 heavy (non-hydrogen) atoms. The Morgan fingerprint density at radius 2 is 0.713 bits per heavy atom. The third-order valence-electron chi connectivity index (χ3n) is 19.8. The lowest BCUT2D eigenvalue weighted by Crippen LogP contribution is -2.29. The Bertz CT molecular complexity index is 6020. The highest BCUT2D eigenvalue weighted by atomic mass is 16.2. The maximum atomic E-state index is 12.8. The van der Waals surface area contributed by atoms with Gasteiger partial charge in [-0.15, -0.1) is 0 Å². The Morgan fingerprint density at radius 1 is 0.377 bits per heavy atom. The molecule has 32 nitrogen and oxygen atoms in total. The van der Waals surface area contributed by atoms with E-state index in [1.54, 1.807) is 198 Å². The van der Waals surface area contributed by atoms with Crippen molar-refractivity contribution in [3.05, 3.63) is 306 Å². The molecule has 0 saturated carbocycles. The van der Waals surface area contributed by atoms with Gasteiger partial charge in [0.2, 0.25) is 23.8 Å². The maximum Gasteiger partial charge on any atom is 0.271 e. The summed E-state index contributed by atoms with van der Waals surface area (Å²) in [4.78, 5) is 164. The average molecular weight is 1640 g/mol. The predicted octanol–water partition coefficient (Wildman–Crippen LogP) is 11.9. The van der Waals surface area contributed by atoms with Crippen LogP contribution in [0.5, 0.6) is 0 Å². The smallest absolute Gasteiger partial charge is 0.271 e. The molecule has 13 aromatic rings. The van der Waals surface area contributed by atoms with Crippen LogP contribution in [0.2, 0.25) is 0 Å². The van der Waals surface area contributed by atoms with Crippen LogP contribution < -0.4 is 79.5 Å². The number of hydrogen-bond acceptors (Lipinski definition) is 24. The standard InChI is InChI=1S/C25H31N7O2.C24H28N6O2.C24H19N5O3.C17H15N5O2/c1-26-12-15-31(2)25-27-11-10-21(30-25)19-16-22(24(34)28-17-19)29-23(33)18-6-8-20(9-7-18)32-13-4-3-5-14-32;1-3-18-14-20(29-24(25-2)27-18)17-13-21(23(32)26-15-17)28-22(31)16-7-9-19(10-8-16)30-11-5-4-6-12-30;1-25-24-26-12-11-19(29-24)18-13-20(23(32)27-14-18)28-22(31)17-9-7-16(8-10-17)21(30)15-5-3-2-4-6-15;1-18-17-19-8-7-13(22-17)12-9-14(16(24)20-10-12)21-15(23)11-5-3-2-4-6-11/h6-11,16-17,26H,3-5,12-15H2,1-2H3,(H,28,34)(H,29,33);7-10,13-15H,3-6,11-12H2,1-2H3,(H,26,32)(H,28,31)(H,25,27,29);2-14H,1H3,(H,27,32)(H,28,31)(H,25,26,29);2-10H,1H3,(H,20,24)(H,21,23)(H,18,19,22). The number of nitrogens with one attached hydrogen (secondary N) is 12. The zero-order chi connectivity index (χ0) is 85.9. The fraction of sp³-hybridized carbons (Fsp3) is 0.211. The molecule has 0 bridgehead atoms. The summed E-state index contributed by atoms with van der Waals surface area (Å²) in [5.74, 6) is 0.379. The van der Waals surface area contributed by atoms with Gasteiger partial charge in [-0.1, -0.05) is 67.6 Å². The molecule has 0 spiro atoms. The number of carbonyl (C=O) groups is 5. The molecule has 0 radical (unpaired) electrons. The van der Waals surface area contributed by atoms with E-state index < -0.39 is 11.5 Å². The monoisotopic (exact) mass is 1640 g/mol. The van der Waals surface area contributed by atoms with Crippen LogP contribution >= 0.6 is 0 Å². The van der Waals surface area contributed by atoms with Gasteiger partial charge in [-0.2, -0.15) is 0 Å². The summed E-state index contributed by atoms with van der Waals surface area (Å²) in [6.07, 6.45) is 19.2. The number of rotatable bonds is 24. The molecule has 12 N–H and O–H groups in total. The van der Waals surface area contributed by atoms with Gasteiger partial charge >= 0.3 is 0 Å². The van der Waals surface area contributed by atoms with E-state index in [4.69, 9.17) is 0 Å². The fourth-order valence-electron chi connectivity index (χ4n) is 13.0. The topological polar surface area (TPSA) is 426 Å². The molecule has 10 heterocycles. The molecular formula is C90H93N23O9. The van der Waals surface area contributed by atoms with Crippen LogP contribution in [0.15, 0.2) is 245 Å². The summed E-state index contributed by atoms with van der Waals surface area (Å²) >= 11 is 0. The molecule has 2 saturated heterocycles. The second kappa shape index (κ2) is 42.1. The number of pyridine rings is 4. The van der Waals surface area contributed by atoms with Gasteiger partial charge in [-0.05, 0) is 173 Å². The van der Waals surface area contributed by atoms with Crippen LogP contribution in [-0.2, 0) is 6.42 Å². The number of nitrogens with zero attached hydrogens (tertiary/aromatic N) is 11. The molecule has 0 atom stereocenters. The lowest BCUT2D eigenvalue weighted by Gasteiger charge is -2.28. The molecule has 2 aliphatic heterocycles. The molecule has 2 fully saturated rings. The number of aromatic amines is 4. The number of piperidine rings is 2. The molecule has 622 valence electrons. The quantitative estimate of drug-likeness (QED) is 0.0250. The number of amides is 4. The van der Waals surface area contributed by atoms with E-state index >= 15 is 0 Å². The predicted molar refractivity (Wildman–Crippen MR) is 477 cm³/mol. The van der Waals surface area contributed by atoms with Crippen LogP contribution in [-0.4, -0.2) is 164 Å². The molecule has 5 aromatic carbocycles. The summed E-state index contributed by atoms with van der Waals surface area (Å²) in [7, 11) is 9.00. The zero-order valence-corrected chi connectivity index (χ0v) is 68.1. The minimum Gasteiger partial charge on any atom is -0.372 e. The normalized spacial score (nSPS) is 12.1. The highest BCUT2D eigenvalue weighted by Crippen LogP contribution is 2.28. The van der Waals surface area contributed by atoms with E-state index in [9.17, 15) is 43.2 Å². The fourth-order valence-corrected chi connectivity index (χ4v) is 13.0. The lowest BCUT2D eigenvalue weighted by atomic mass is 10.0. The average Bonchev–Trinajstić information content (AvgIpc) is 0.828. The van der Waals surface area contributed by atoms with Crippen molar-refractivity contribution in [3.8, 4) is 45.0 Å². The van der Waals surface area contributed by atoms with Gasteiger partial charge < -0.3 is 77.2 Å². The second-order valence-corrected chi connectivity index (χ2v) is 28.1. The van der Waals surface area contributed by atoms with Gasteiger partial charge in [0.15, 0.2) is 5.78 Å². The van der Waals surface area contributed by atoms with Gasteiger partial charge in [-0.25, -0.2) is 39.9 Å². The zero-order valence-electron chi connectivity index (χ0n) is 68.1. The Hall–Kier alpha value is -15.5. The van der Waals surface area contributed by atoms with Crippen molar-refractivity contribution in [1.82, 2.24) is 65.1 Å². The number of ketones is 1. The Kier molecular flexibility index (Phi) is 29.6. The molecule has 32 heteroatoms. The molecule has 15 rings (SSSR count). The summed E-state index contributed by atoms with van der Waals surface area (Å²) in [5.41, 5.74) is 10.2. The third kappa shape index (κ3) is 23.0. The molecule has 0 unspecified atom stereocenters. The van der Waals surface area contributed by atoms with Crippen LogP contribution in [0, 0.1) is 0 Å². The summed E-state index contributed by atoms with van der Waals surface area (Å²) in [6, 6.07) is 52.4. The summed E-state index contributed by atoms with van der Waals surface area (Å²) < 4.78 is 0. The largest absolute Gasteiger partial charge is 0.372 e. The summed E-state index contributed by atoms with van der Waals surface area (Å²) in [5, 5.41) is 22.5. The Morgan fingerprint density at radius 3 is 1.10 bits per heavy atom. The van der Waals surface area contributed by atoms with Crippen molar-refractivity contribution in [3.63, 3.8) is 0 Å². The molecule has 2 aliphatic rings. The number of benzene rings is 5. The first-order chi connectivity index (χ1) is 59.3. The van der Waals surface area contributed by atoms with Crippen molar-refractivity contribution in [2.45, 2.75) is 51.9 Å².